The second kappa shape index (κ2) is 5.80. The van der Waals surface area contributed by atoms with Crippen molar-refractivity contribution in [2.45, 2.75) is 0 Å². The zero-order valence-corrected chi connectivity index (χ0v) is 5.41. The minimum atomic E-state index is -5.00. The van der Waals surface area contributed by atoms with E-state index in [1.165, 1.54) is 0 Å². The average molecular weight is 179 g/mol. The molecule has 7 heavy (non-hydrogen) atoms. The van der Waals surface area contributed by atoms with Gasteiger partial charge in [0.25, 0.3) is 0 Å². The molecule has 0 atom stereocenters. The third kappa shape index (κ3) is 88.3. The van der Waals surface area contributed by atoms with Crippen molar-refractivity contribution >= 4 is 18.9 Å². The Morgan fingerprint density at radius 1 is 0.857 bits per heavy atom. The molecule has 41 valence electrons. The molecule has 0 aliphatic heterocycles. The third-order valence-electron chi connectivity index (χ3n) is 0. The van der Waals surface area contributed by atoms with Crippen LogP contribution in [0.3, 0.4) is 0 Å². The summed E-state index contributed by atoms with van der Waals surface area (Å²) >= 11 is -5.00. The predicted molar refractivity (Wildman–Crippen MR) is 16.0 cm³/mol. The molecular formula is H5LiMnO4Ti. The molecule has 0 heterocycles. The van der Waals surface area contributed by atoms with E-state index in [2.05, 4.69) is 0 Å². The van der Waals surface area contributed by atoms with Crippen molar-refractivity contribution in [3.8, 4) is 0 Å². The van der Waals surface area contributed by atoms with Crippen LogP contribution in [0.4, 0.5) is 0 Å². The first-order valence-corrected chi connectivity index (χ1v) is 3.69. The fourth-order valence-corrected chi connectivity index (χ4v) is 0. The summed E-state index contributed by atoms with van der Waals surface area (Å²) in [7, 11) is 0. The Morgan fingerprint density at radius 2 is 0.857 bits per heavy atom. The van der Waals surface area contributed by atoms with Crippen LogP contribution in [0.2, 0.25) is 0 Å². The van der Waals surface area contributed by atoms with Gasteiger partial charge in [-0.05, 0) is 0 Å². The van der Waals surface area contributed by atoms with Gasteiger partial charge in [-0.3, -0.25) is 0 Å². The maximum absolute atomic E-state index is 7.38. The van der Waals surface area contributed by atoms with E-state index in [4.69, 9.17) is 14.8 Å². The molecule has 1 radical (unpaired) electrons. The average Bonchev–Trinajstić information content (AvgIpc) is 0.722. The minimum absolute atomic E-state index is 0. The fraction of sp³-hybridized carbons (Fsp3) is 0. The van der Waals surface area contributed by atoms with Gasteiger partial charge in [-0.25, -0.2) is 0 Å². The molecule has 0 aromatic rings. The van der Waals surface area contributed by atoms with Gasteiger partial charge < -0.3 is 0 Å². The fourth-order valence-electron chi connectivity index (χ4n) is 0. The number of rotatable bonds is 0. The molecule has 4 nitrogen and oxygen atoms in total. The molecule has 0 aliphatic rings. The van der Waals surface area contributed by atoms with Gasteiger partial charge in [-0.2, -0.15) is 0 Å². The molecule has 0 spiro atoms. The van der Waals surface area contributed by atoms with Crippen molar-refractivity contribution in [2.24, 2.45) is 0 Å². The Kier molecular flexibility index (Phi) is 13.1. The molecular weight excluding hydrogens is 174 g/mol. The summed E-state index contributed by atoms with van der Waals surface area (Å²) in [5.41, 5.74) is 0. The van der Waals surface area contributed by atoms with Crippen molar-refractivity contribution in [3.63, 3.8) is 0 Å². The van der Waals surface area contributed by atoms with Crippen LogP contribution in [0.5, 0.6) is 0 Å². The van der Waals surface area contributed by atoms with Gasteiger partial charge in [0, 0.05) is 17.1 Å². The van der Waals surface area contributed by atoms with E-state index >= 15 is 0 Å². The summed E-state index contributed by atoms with van der Waals surface area (Å²) in [6, 6.07) is 0. The van der Waals surface area contributed by atoms with Crippen LogP contribution < -0.4 is 0 Å². The van der Waals surface area contributed by atoms with Gasteiger partial charge >= 0.3 is 51.8 Å². The van der Waals surface area contributed by atoms with Crippen molar-refractivity contribution in [3.05, 3.63) is 0 Å². The SMILES string of the molecule is [LiH].[Mn].[OH][Ti]([OH])([OH])[OH]. The van der Waals surface area contributed by atoms with E-state index in [-0.39, 0.29) is 35.9 Å². The van der Waals surface area contributed by atoms with E-state index in [9.17, 15) is 0 Å². The van der Waals surface area contributed by atoms with Crippen LogP contribution in [0.1, 0.15) is 0 Å². The van der Waals surface area contributed by atoms with Gasteiger partial charge in [0.2, 0.25) is 0 Å². The molecule has 0 saturated carbocycles. The standard InChI is InChI=1S/Li.Mn.4H2O.Ti.H/h;;4*1H2;;/q;;;;;;+4;/p-4. The van der Waals surface area contributed by atoms with Crippen LogP contribution in [0.15, 0.2) is 0 Å². The van der Waals surface area contributed by atoms with Crippen LogP contribution in [-0.4, -0.2) is 33.6 Å². The molecule has 0 fully saturated rings. The normalized spacial score (nSPS) is 8.57. The molecule has 0 amide bonds. The van der Waals surface area contributed by atoms with Crippen molar-refractivity contribution in [2.75, 3.05) is 0 Å². The zero-order valence-electron chi connectivity index (χ0n) is 2.67. The third-order valence-corrected chi connectivity index (χ3v) is 0. The van der Waals surface area contributed by atoms with Gasteiger partial charge in [0.15, 0.2) is 0 Å². The maximum atomic E-state index is 7.38. The van der Waals surface area contributed by atoms with Gasteiger partial charge in [-0.1, -0.05) is 0 Å². The Bertz CT molecular complexity index is 27.2. The summed E-state index contributed by atoms with van der Waals surface area (Å²) in [5.74, 6) is 0. The first-order valence-electron chi connectivity index (χ1n) is 0.894. The molecule has 4 N–H and O–H groups in total. The van der Waals surface area contributed by atoms with Crippen LogP contribution in [-0.2, 0) is 35.2 Å². The summed E-state index contributed by atoms with van der Waals surface area (Å²) in [4.78, 5) is 0. The van der Waals surface area contributed by atoms with E-state index in [0.29, 0.717) is 0 Å². The van der Waals surface area contributed by atoms with E-state index in [1.54, 1.807) is 0 Å². The molecule has 0 aromatic carbocycles. The van der Waals surface area contributed by atoms with Crippen molar-refractivity contribution in [1.82, 2.24) is 0 Å². The first kappa shape index (κ1) is 15.9. The summed E-state index contributed by atoms with van der Waals surface area (Å²) < 4.78 is 29.5. The Hall–Kier alpha value is 1.67. The quantitative estimate of drug-likeness (QED) is 0.301. The second-order valence-electron chi connectivity index (χ2n) is 0.600. The zero-order chi connectivity index (χ0) is 4.50. The molecule has 0 rings (SSSR count). The van der Waals surface area contributed by atoms with Gasteiger partial charge in [-0.15, -0.1) is 0 Å². The first-order chi connectivity index (χ1) is 2.00. The van der Waals surface area contributed by atoms with E-state index in [0.717, 1.165) is 0 Å². The van der Waals surface area contributed by atoms with Crippen LogP contribution in [0, 0.1) is 0 Å². The van der Waals surface area contributed by atoms with Gasteiger partial charge in [0.1, 0.15) is 0 Å². The van der Waals surface area contributed by atoms with Crippen molar-refractivity contribution in [1.29, 1.82) is 0 Å². The molecule has 0 unspecified atom stereocenters. The monoisotopic (exact) mass is 179 g/mol. The Morgan fingerprint density at radius 3 is 0.857 bits per heavy atom. The van der Waals surface area contributed by atoms with E-state index in [1.807, 2.05) is 0 Å². The predicted octanol–water partition coefficient (Wildman–Crippen LogP) is -2.88. The van der Waals surface area contributed by atoms with Crippen LogP contribution in [0.25, 0.3) is 0 Å². The number of hydrogen-bond donors (Lipinski definition) is 4. The second-order valence-corrected chi connectivity index (χ2v) is 2.47. The summed E-state index contributed by atoms with van der Waals surface area (Å²) in [5, 5.41) is 0. The molecule has 7 heteroatoms. The summed E-state index contributed by atoms with van der Waals surface area (Å²) in [6.45, 7) is 0. The van der Waals surface area contributed by atoms with Crippen molar-refractivity contribution < 1.29 is 50.0 Å². The molecule has 0 aromatic heterocycles. The summed E-state index contributed by atoms with van der Waals surface area (Å²) in [6.07, 6.45) is 0. The molecule has 0 aliphatic carbocycles. The number of hydrogen-bond acceptors (Lipinski definition) is 4. The topological polar surface area (TPSA) is 80.9 Å². The van der Waals surface area contributed by atoms with Crippen LogP contribution >= 0.6 is 0 Å². The van der Waals surface area contributed by atoms with Gasteiger partial charge in [0.05, 0.1) is 0 Å². The Labute approximate surface area is 68.5 Å². The molecule has 0 saturated heterocycles. The van der Waals surface area contributed by atoms with E-state index < -0.39 is 18.1 Å². The molecule has 0 bridgehead atoms. The Balaban J connectivity index is -0.0000000800.